The van der Waals surface area contributed by atoms with Crippen LogP contribution in [0.3, 0.4) is 0 Å². The van der Waals surface area contributed by atoms with Crippen LogP contribution in [0.2, 0.25) is 0 Å². The highest BCUT2D eigenvalue weighted by molar-refractivity contribution is 7.99. The first-order valence-corrected chi connectivity index (χ1v) is 5.57. The zero-order valence-electron chi connectivity index (χ0n) is 8.99. The molecule has 0 unspecified atom stereocenters. The second-order valence-corrected chi connectivity index (χ2v) is 4.32. The molecule has 0 aliphatic heterocycles. The molecule has 1 aromatic carbocycles. The van der Waals surface area contributed by atoms with Gasteiger partial charge in [0, 0.05) is 17.5 Å². The molecule has 1 aromatic heterocycles. The molecular weight excluding hydrogens is 236 g/mol. The molecule has 6 heteroatoms. The Bertz CT molecular complexity index is 600. The van der Waals surface area contributed by atoms with E-state index in [1.165, 1.54) is 11.8 Å². The first kappa shape index (κ1) is 11.4. The molecule has 0 radical (unpaired) electrons. The topological polar surface area (TPSA) is 71.6 Å². The van der Waals surface area contributed by atoms with Crippen LogP contribution in [-0.4, -0.2) is 21.1 Å². The van der Waals surface area contributed by atoms with Crippen molar-refractivity contribution < 1.29 is 4.79 Å². The predicted molar refractivity (Wildman–Crippen MR) is 61.7 cm³/mol. The summed E-state index contributed by atoms with van der Waals surface area (Å²) < 4.78 is 1.76. The van der Waals surface area contributed by atoms with E-state index in [1.807, 2.05) is 7.05 Å². The number of hydrogen-bond acceptors (Lipinski definition) is 5. The second kappa shape index (κ2) is 4.80. The summed E-state index contributed by atoms with van der Waals surface area (Å²) in [4.78, 5) is 11.4. The van der Waals surface area contributed by atoms with Gasteiger partial charge in [-0.3, -0.25) is 4.79 Å². The van der Waals surface area contributed by atoms with Crippen molar-refractivity contribution in [3.8, 4) is 6.07 Å². The minimum absolute atomic E-state index is 0.461. The fraction of sp³-hybridized carbons (Fsp3) is 0.0909. The molecule has 0 bridgehead atoms. The average Bonchev–Trinajstić information content (AvgIpc) is 2.75. The lowest BCUT2D eigenvalue weighted by Crippen LogP contribution is -1.91. The monoisotopic (exact) mass is 244 g/mol. The summed E-state index contributed by atoms with van der Waals surface area (Å²) in [6.07, 6.45) is 2.31. The SMILES string of the molecule is Cn1cnnc1Sc1ccc(C=O)cc1C#N. The molecule has 0 aliphatic rings. The Kier molecular flexibility index (Phi) is 3.21. The maximum atomic E-state index is 10.6. The van der Waals surface area contributed by atoms with Crippen molar-refractivity contribution in [2.24, 2.45) is 7.05 Å². The van der Waals surface area contributed by atoms with Crippen LogP contribution in [0.4, 0.5) is 0 Å². The van der Waals surface area contributed by atoms with Gasteiger partial charge in [-0.05, 0) is 23.9 Å². The molecule has 1 heterocycles. The third-order valence-corrected chi connectivity index (χ3v) is 3.26. The van der Waals surface area contributed by atoms with Gasteiger partial charge in [-0.25, -0.2) is 0 Å². The third kappa shape index (κ3) is 2.34. The van der Waals surface area contributed by atoms with Gasteiger partial charge in [-0.15, -0.1) is 10.2 Å². The molecule has 0 spiro atoms. The number of carbonyl (C=O) groups is 1. The number of carbonyl (C=O) groups excluding carboxylic acids is 1. The number of nitriles is 1. The number of nitrogens with zero attached hydrogens (tertiary/aromatic N) is 4. The van der Waals surface area contributed by atoms with Crippen LogP contribution in [0.5, 0.6) is 0 Å². The lowest BCUT2D eigenvalue weighted by Gasteiger charge is -2.03. The third-order valence-electron chi connectivity index (χ3n) is 2.13. The van der Waals surface area contributed by atoms with Crippen molar-refractivity contribution >= 4 is 18.0 Å². The molecule has 0 saturated heterocycles. The Balaban J connectivity index is 2.37. The van der Waals surface area contributed by atoms with Crippen LogP contribution in [0.25, 0.3) is 0 Å². The molecule has 84 valence electrons. The second-order valence-electron chi connectivity index (χ2n) is 3.31. The highest BCUT2D eigenvalue weighted by atomic mass is 32.2. The zero-order valence-corrected chi connectivity index (χ0v) is 9.81. The summed E-state index contributed by atoms with van der Waals surface area (Å²) in [5.74, 6) is 0. The van der Waals surface area contributed by atoms with Crippen LogP contribution in [0.15, 0.2) is 34.6 Å². The van der Waals surface area contributed by atoms with Gasteiger partial charge in [0.25, 0.3) is 0 Å². The van der Waals surface area contributed by atoms with Crippen LogP contribution in [0.1, 0.15) is 15.9 Å². The van der Waals surface area contributed by atoms with E-state index < -0.39 is 0 Å². The number of rotatable bonds is 3. The van der Waals surface area contributed by atoms with E-state index in [0.717, 1.165) is 11.2 Å². The number of benzene rings is 1. The maximum absolute atomic E-state index is 10.6. The Morgan fingerprint density at radius 3 is 2.94 bits per heavy atom. The smallest absolute Gasteiger partial charge is 0.195 e. The Morgan fingerprint density at radius 1 is 1.53 bits per heavy atom. The Hall–Kier alpha value is -2.13. The van der Waals surface area contributed by atoms with E-state index >= 15 is 0 Å². The Morgan fingerprint density at radius 2 is 2.35 bits per heavy atom. The van der Waals surface area contributed by atoms with Crippen LogP contribution in [-0.2, 0) is 7.05 Å². The van der Waals surface area contributed by atoms with Gasteiger partial charge in [-0.2, -0.15) is 5.26 Å². The zero-order chi connectivity index (χ0) is 12.3. The average molecular weight is 244 g/mol. The standard InChI is InChI=1S/C11H8N4OS/c1-15-7-13-14-11(15)17-10-3-2-8(6-16)4-9(10)5-12/h2-4,6-7H,1H3. The summed E-state index contributed by atoms with van der Waals surface area (Å²) in [6.45, 7) is 0. The van der Waals surface area contributed by atoms with E-state index in [4.69, 9.17) is 5.26 Å². The van der Waals surface area contributed by atoms with E-state index in [2.05, 4.69) is 16.3 Å². The fourth-order valence-electron chi connectivity index (χ4n) is 1.26. The van der Waals surface area contributed by atoms with E-state index in [0.29, 0.717) is 16.3 Å². The van der Waals surface area contributed by atoms with Gasteiger partial charge in [0.2, 0.25) is 0 Å². The molecule has 0 N–H and O–H groups in total. The molecule has 0 saturated carbocycles. The van der Waals surface area contributed by atoms with Crippen molar-refractivity contribution in [1.82, 2.24) is 14.8 Å². The van der Waals surface area contributed by atoms with Crippen molar-refractivity contribution in [2.45, 2.75) is 10.1 Å². The van der Waals surface area contributed by atoms with Crippen LogP contribution in [0, 0.1) is 11.3 Å². The van der Waals surface area contributed by atoms with Gasteiger partial charge in [0.15, 0.2) is 5.16 Å². The van der Waals surface area contributed by atoms with Crippen molar-refractivity contribution in [3.05, 3.63) is 35.7 Å². The van der Waals surface area contributed by atoms with Crippen LogP contribution < -0.4 is 0 Å². The van der Waals surface area contributed by atoms with Gasteiger partial charge >= 0.3 is 0 Å². The largest absolute Gasteiger partial charge is 0.311 e. The number of hydrogen-bond donors (Lipinski definition) is 0. The number of aryl methyl sites for hydroxylation is 1. The lowest BCUT2D eigenvalue weighted by atomic mass is 10.1. The number of aldehydes is 1. The summed E-state index contributed by atoms with van der Waals surface area (Å²) in [6, 6.07) is 7.04. The fourth-order valence-corrected chi connectivity index (χ4v) is 2.09. The van der Waals surface area contributed by atoms with Gasteiger partial charge in [0.1, 0.15) is 18.7 Å². The highest BCUT2D eigenvalue weighted by Gasteiger charge is 2.08. The summed E-state index contributed by atoms with van der Waals surface area (Å²) in [5, 5.41) is 17.4. The molecule has 17 heavy (non-hydrogen) atoms. The summed E-state index contributed by atoms with van der Waals surface area (Å²) in [5.41, 5.74) is 0.950. The minimum atomic E-state index is 0.461. The molecule has 0 fully saturated rings. The van der Waals surface area contributed by atoms with E-state index in [9.17, 15) is 4.79 Å². The van der Waals surface area contributed by atoms with Gasteiger partial charge in [-0.1, -0.05) is 6.07 Å². The molecule has 0 aliphatic carbocycles. The molecular formula is C11H8N4OS. The quantitative estimate of drug-likeness (QED) is 0.768. The normalized spacial score (nSPS) is 9.88. The van der Waals surface area contributed by atoms with Gasteiger partial charge in [0.05, 0.1) is 5.56 Å². The summed E-state index contributed by atoms with van der Waals surface area (Å²) in [7, 11) is 1.83. The molecule has 2 aromatic rings. The van der Waals surface area contributed by atoms with E-state index in [-0.39, 0.29) is 0 Å². The molecule has 2 rings (SSSR count). The van der Waals surface area contributed by atoms with E-state index in [1.54, 1.807) is 29.1 Å². The van der Waals surface area contributed by atoms with Crippen molar-refractivity contribution in [3.63, 3.8) is 0 Å². The van der Waals surface area contributed by atoms with Crippen LogP contribution >= 0.6 is 11.8 Å². The highest BCUT2D eigenvalue weighted by Crippen LogP contribution is 2.28. The first-order valence-electron chi connectivity index (χ1n) is 4.76. The minimum Gasteiger partial charge on any atom is -0.311 e. The predicted octanol–water partition coefficient (Wildman–Crippen LogP) is 1.65. The lowest BCUT2D eigenvalue weighted by molar-refractivity contribution is 0.112. The summed E-state index contributed by atoms with van der Waals surface area (Å²) >= 11 is 1.34. The van der Waals surface area contributed by atoms with Crippen molar-refractivity contribution in [2.75, 3.05) is 0 Å². The molecule has 0 amide bonds. The first-order chi connectivity index (χ1) is 8.24. The molecule has 5 nitrogen and oxygen atoms in total. The molecule has 0 atom stereocenters. The van der Waals surface area contributed by atoms with Crippen molar-refractivity contribution in [1.29, 1.82) is 5.26 Å². The number of aromatic nitrogens is 3. The Labute approximate surface area is 102 Å². The van der Waals surface area contributed by atoms with Gasteiger partial charge < -0.3 is 4.57 Å². The maximum Gasteiger partial charge on any atom is 0.195 e.